The fraction of sp³-hybridized carbons (Fsp3) is 0. The topological polar surface area (TPSA) is 40.5 Å². The van der Waals surface area contributed by atoms with Crippen molar-refractivity contribution in [2.75, 3.05) is 0 Å². The molecule has 0 aromatic heterocycles. The van der Waals surface area contributed by atoms with Crippen LogP contribution < -0.4 is 0 Å². The second kappa shape index (κ2) is 9.11. The van der Waals surface area contributed by atoms with E-state index in [1.807, 2.05) is 24.3 Å². The second-order valence-electron chi connectivity index (χ2n) is 3.09. The number of rotatable bonds is 1. The van der Waals surface area contributed by atoms with Crippen molar-refractivity contribution in [1.29, 1.82) is 0 Å². The molecule has 0 aliphatic heterocycles. The summed E-state index contributed by atoms with van der Waals surface area (Å²) in [6.45, 7) is 0. The number of hydrogen-bond donors (Lipinski definition) is 2. The van der Waals surface area contributed by atoms with Gasteiger partial charge in [-0.2, -0.15) is 0 Å². The monoisotopic (exact) mass is 452 g/mol. The van der Waals surface area contributed by atoms with E-state index in [4.69, 9.17) is 10.2 Å². The summed E-state index contributed by atoms with van der Waals surface area (Å²) in [7, 11) is 0. The minimum atomic E-state index is 0. The molecule has 2 N–H and O–H groups in total. The summed E-state index contributed by atoms with van der Waals surface area (Å²) in [6.07, 6.45) is 0. The van der Waals surface area contributed by atoms with Crippen molar-refractivity contribution in [3.05, 3.63) is 48.5 Å². The van der Waals surface area contributed by atoms with E-state index in [2.05, 4.69) is 0 Å². The summed E-state index contributed by atoms with van der Waals surface area (Å²) in [6, 6.07) is 13.9. The molecular weight excluding hydrogens is 442 g/mol. The SMILES string of the molecule is Oc1ccc(-c2ccc(O)cc2)cc1.[Cs].[Cs]. The number of aromatic hydroxyl groups is 2. The quantitative estimate of drug-likeness (QED) is 0.696. The van der Waals surface area contributed by atoms with E-state index in [0.29, 0.717) is 0 Å². The normalized spacial score (nSPS) is 8.75. The molecule has 0 saturated carbocycles. The van der Waals surface area contributed by atoms with Crippen LogP contribution in [-0.2, 0) is 0 Å². The van der Waals surface area contributed by atoms with Gasteiger partial charge in [0.25, 0.3) is 0 Å². The summed E-state index contributed by atoms with van der Waals surface area (Å²) >= 11 is 0. The Morgan fingerprint density at radius 2 is 0.750 bits per heavy atom. The first-order chi connectivity index (χ1) is 6.75. The van der Waals surface area contributed by atoms with Crippen LogP contribution in [0.5, 0.6) is 11.5 Å². The van der Waals surface area contributed by atoms with Crippen LogP contribution in [0.1, 0.15) is 0 Å². The largest absolute Gasteiger partial charge is 0.508 e. The average molecular weight is 452 g/mol. The zero-order chi connectivity index (χ0) is 9.97. The Morgan fingerprint density at radius 1 is 0.500 bits per heavy atom. The van der Waals surface area contributed by atoms with Crippen molar-refractivity contribution in [3.63, 3.8) is 0 Å². The number of phenolic OH excluding ortho intramolecular Hbond substituents is 2. The van der Waals surface area contributed by atoms with Crippen LogP contribution in [-0.4, -0.2) is 148 Å². The van der Waals surface area contributed by atoms with Gasteiger partial charge in [0, 0.05) is 138 Å². The van der Waals surface area contributed by atoms with E-state index in [9.17, 15) is 0 Å². The van der Waals surface area contributed by atoms with E-state index >= 15 is 0 Å². The Balaban J connectivity index is 0.00000112. The van der Waals surface area contributed by atoms with Gasteiger partial charge in [-0.15, -0.1) is 0 Å². The van der Waals surface area contributed by atoms with Gasteiger partial charge in [-0.3, -0.25) is 0 Å². The molecule has 0 heterocycles. The number of benzene rings is 2. The molecule has 2 aromatic rings. The Morgan fingerprint density at radius 3 is 1.00 bits per heavy atom. The summed E-state index contributed by atoms with van der Waals surface area (Å²) in [5.74, 6) is 0.514. The van der Waals surface area contributed by atoms with Crippen LogP contribution in [0.4, 0.5) is 0 Å². The first kappa shape index (κ1) is 18.1. The molecule has 72 valence electrons. The van der Waals surface area contributed by atoms with E-state index in [1.165, 1.54) is 0 Å². The molecule has 16 heavy (non-hydrogen) atoms. The molecule has 2 rings (SSSR count). The van der Waals surface area contributed by atoms with Gasteiger partial charge < -0.3 is 10.2 Å². The third-order valence-electron chi connectivity index (χ3n) is 2.07. The average Bonchev–Trinajstić information content (AvgIpc) is 2.21. The Bertz CT molecular complexity index is 380. The van der Waals surface area contributed by atoms with E-state index < -0.39 is 0 Å². The van der Waals surface area contributed by atoms with Gasteiger partial charge >= 0.3 is 0 Å². The molecule has 0 atom stereocenters. The fourth-order valence-electron chi connectivity index (χ4n) is 1.31. The van der Waals surface area contributed by atoms with E-state index in [-0.39, 0.29) is 149 Å². The van der Waals surface area contributed by atoms with Crippen LogP contribution >= 0.6 is 0 Å². The summed E-state index contributed by atoms with van der Waals surface area (Å²) in [4.78, 5) is 0. The zero-order valence-electron chi connectivity index (χ0n) is 9.51. The molecule has 0 spiro atoms. The Hall–Kier alpha value is 2.14. The van der Waals surface area contributed by atoms with Gasteiger partial charge in [0.15, 0.2) is 0 Å². The van der Waals surface area contributed by atoms with Gasteiger partial charge in [0.05, 0.1) is 0 Å². The molecule has 0 fully saturated rings. The van der Waals surface area contributed by atoms with E-state index in [0.717, 1.165) is 11.1 Å². The predicted octanol–water partition coefficient (Wildman–Crippen LogP) is 2.00. The van der Waals surface area contributed by atoms with Gasteiger partial charge in [0.2, 0.25) is 0 Å². The van der Waals surface area contributed by atoms with Gasteiger partial charge in [-0.1, -0.05) is 24.3 Å². The molecule has 4 heteroatoms. The summed E-state index contributed by atoms with van der Waals surface area (Å²) < 4.78 is 0. The van der Waals surface area contributed by atoms with Crippen LogP contribution in [0.2, 0.25) is 0 Å². The molecule has 0 saturated heterocycles. The molecule has 0 aliphatic carbocycles. The van der Waals surface area contributed by atoms with Crippen LogP contribution in [0.25, 0.3) is 11.1 Å². The maximum atomic E-state index is 9.11. The molecular formula is C12H10Cs2O2. The third kappa shape index (κ3) is 5.42. The Labute approximate surface area is 213 Å². The van der Waals surface area contributed by atoms with Crippen molar-refractivity contribution >= 4 is 138 Å². The number of hydrogen-bond acceptors (Lipinski definition) is 2. The van der Waals surface area contributed by atoms with Crippen molar-refractivity contribution in [2.45, 2.75) is 0 Å². The van der Waals surface area contributed by atoms with Crippen LogP contribution in [0.3, 0.4) is 0 Å². The first-order valence-corrected chi connectivity index (χ1v) is 4.34. The molecule has 0 bridgehead atoms. The molecule has 0 aliphatic rings. The smallest absolute Gasteiger partial charge is 0.115 e. The molecule has 2 radical (unpaired) electrons. The van der Waals surface area contributed by atoms with Crippen molar-refractivity contribution in [2.24, 2.45) is 0 Å². The van der Waals surface area contributed by atoms with Gasteiger partial charge in [-0.25, -0.2) is 0 Å². The van der Waals surface area contributed by atoms with Gasteiger partial charge in [0.1, 0.15) is 11.5 Å². The third-order valence-corrected chi connectivity index (χ3v) is 2.07. The van der Waals surface area contributed by atoms with Crippen molar-refractivity contribution < 1.29 is 10.2 Å². The molecule has 0 amide bonds. The zero-order valence-corrected chi connectivity index (χ0v) is 22.1. The maximum absolute atomic E-state index is 9.11. The summed E-state index contributed by atoms with van der Waals surface area (Å²) in [5.41, 5.74) is 2.03. The predicted molar refractivity (Wildman–Crippen MR) is 66.7 cm³/mol. The second-order valence-corrected chi connectivity index (χ2v) is 3.09. The van der Waals surface area contributed by atoms with Crippen molar-refractivity contribution in [3.8, 4) is 22.6 Å². The van der Waals surface area contributed by atoms with Crippen molar-refractivity contribution in [1.82, 2.24) is 0 Å². The minimum absolute atomic E-state index is 0. The molecule has 2 nitrogen and oxygen atoms in total. The summed E-state index contributed by atoms with van der Waals surface area (Å²) in [5, 5.41) is 18.2. The fourth-order valence-corrected chi connectivity index (χ4v) is 1.31. The van der Waals surface area contributed by atoms with E-state index in [1.54, 1.807) is 24.3 Å². The Kier molecular flexibility index (Phi) is 10.3. The first-order valence-electron chi connectivity index (χ1n) is 4.34. The number of phenols is 2. The van der Waals surface area contributed by atoms with Crippen LogP contribution in [0.15, 0.2) is 48.5 Å². The standard InChI is InChI=1S/C12H10O2.2Cs/c13-11-5-1-9(2-6-11)10-3-7-12(14)8-4-10;;/h1-8,13-14H;;. The van der Waals surface area contributed by atoms with Gasteiger partial charge in [-0.05, 0) is 35.4 Å². The minimum Gasteiger partial charge on any atom is -0.508 e. The van der Waals surface area contributed by atoms with Crippen LogP contribution in [0, 0.1) is 0 Å². The maximum Gasteiger partial charge on any atom is 0.115 e. The molecule has 0 unspecified atom stereocenters. The molecule has 2 aromatic carbocycles.